The van der Waals surface area contributed by atoms with Gasteiger partial charge in [0.2, 0.25) is 0 Å². The van der Waals surface area contributed by atoms with Crippen LogP contribution in [0.2, 0.25) is 5.02 Å². The van der Waals surface area contributed by atoms with Gasteiger partial charge in [-0.3, -0.25) is 9.59 Å². The Balaban J connectivity index is 2.20. The second-order valence-corrected chi connectivity index (χ2v) is 4.61. The molecule has 0 spiro atoms. The molecule has 1 aromatic heterocycles. The van der Waals surface area contributed by atoms with E-state index in [9.17, 15) is 9.59 Å². The van der Waals surface area contributed by atoms with Crippen LogP contribution in [-0.4, -0.2) is 16.3 Å². The number of aryl methyl sites for hydroxylation is 1. The normalized spacial score (nSPS) is 10.3. The Bertz CT molecular complexity index is 647. The molecule has 0 aliphatic heterocycles. The van der Waals surface area contributed by atoms with Crippen molar-refractivity contribution < 1.29 is 9.59 Å². The summed E-state index contributed by atoms with van der Waals surface area (Å²) in [6.07, 6.45) is 1.71. The van der Waals surface area contributed by atoms with Gasteiger partial charge in [-0.25, -0.2) is 0 Å². The van der Waals surface area contributed by atoms with E-state index in [1.54, 1.807) is 55.1 Å². The quantitative estimate of drug-likeness (QED) is 0.692. The van der Waals surface area contributed by atoms with E-state index < -0.39 is 11.7 Å². The Morgan fingerprint density at radius 1 is 1.21 bits per heavy atom. The molecule has 0 radical (unpaired) electrons. The largest absolute Gasteiger partial charge is 0.348 e. The third kappa shape index (κ3) is 2.69. The standard InChI is InChI=1S/C14H13ClN2O2/c1-9-10(15)5-3-6-11(9)16-14(19)13(18)12-7-4-8-17(12)2/h3-8H,1-2H3,(H,16,19). The fraction of sp³-hybridized carbons (Fsp3) is 0.143. The average Bonchev–Trinajstić information content (AvgIpc) is 2.80. The van der Waals surface area contributed by atoms with Gasteiger partial charge in [-0.1, -0.05) is 17.7 Å². The summed E-state index contributed by atoms with van der Waals surface area (Å²) in [7, 11) is 1.71. The van der Waals surface area contributed by atoms with Crippen molar-refractivity contribution in [1.82, 2.24) is 4.57 Å². The minimum Gasteiger partial charge on any atom is -0.348 e. The van der Waals surface area contributed by atoms with Crippen molar-refractivity contribution in [2.24, 2.45) is 7.05 Å². The molecule has 0 atom stereocenters. The first-order chi connectivity index (χ1) is 9.00. The summed E-state index contributed by atoms with van der Waals surface area (Å²) in [5.41, 5.74) is 1.62. The molecule has 2 aromatic rings. The van der Waals surface area contributed by atoms with Gasteiger partial charge in [0.1, 0.15) is 0 Å². The molecule has 0 fully saturated rings. The molecule has 2 rings (SSSR count). The monoisotopic (exact) mass is 276 g/mol. The molecule has 98 valence electrons. The lowest BCUT2D eigenvalue weighted by Gasteiger charge is -2.09. The first kappa shape index (κ1) is 13.4. The minimum atomic E-state index is -0.674. The van der Waals surface area contributed by atoms with Gasteiger partial charge < -0.3 is 9.88 Å². The van der Waals surface area contributed by atoms with E-state index in [2.05, 4.69) is 5.32 Å². The van der Waals surface area contributed by atoms with Crippen LogP contribution in [0.4, 0.5) is 5.69 Å². The molecule has 5 heteroatoms. The number of ketones is 1. The van der Waals surface area contributed by atoms with Crippen molar-refractivity contribution >= 4 is 29.0 Å². The number of benzene rings is 1. The van der Waals surface area contributed by atoms with E-state index in [4.69, 9.17) is 11.6 Å². The lowest BCUT2D eigenvalue weighted by Crippen LogP contribution is -2.25. The first-order valence-corrected chi connectivity index (χ1v) is 6.10. The Hall–Kier alpha value is -2.07. The number of amides is 1. The maximum Gasteiger partial charge on any atom is 0.298 e. The highest BCUT2D eigenvalue weighted by Gasteiger charge is 2.19. The summed E-state index contributed by atoms with van der Waals surface area (Å²) in [5.74, 6) is -1.25. The second-order valence-electron chi connectivity index (χ2n) is 4.20. The zero-order valence-corrected chi connectivity index (χ0v) is 11.4. The van der Waals surface area contributed by atoms with Crippen LogP contribution >= 0.6 is 11.6 Å². The molecule has 0 aliphatic rings. The molecule has 0 saturated heterocycles. The van der Waals surface area contributed by atoms with E-state index in [1.807, 2.05) is 0 Å². The number of carbonyl (C=O) groups excluding carboxylic acids is 2. The van der Waals surface area contributed by atoms with E-state index >= 15 is 0 Å². The van der Waals surface area contributed by atoms with Crippen molar-refractivity contribution in [3.05, 3.63) is 52.8 Å². The molecule has 4 nitrogen and oxygen atoms in total. The number of nitrogens with one attached hydrogen (secondary N) is 1. The predicted molar refractivity (Wildman–Crippen MR) is 74.6 cm³/mol. The molecule has 0 saturated carbocycles. The number of nitrogens with zero attached hydrogens (tertiary/aromatic N) is 1. The van der Waals surface area contributed by atoms with E-state index in [0.717, 1.165) is 5.56 Å². The lowest BCUT2D eigenvalue weighted by atomic mass is 10.2. The molecule has 0 unspecified atom stereocenters. The van der Waals surface area contributed by atoms with Gasteiger partial charge >= 0.3 is 0 Å². The smallest absolute Gasteiger partial charge is 0.298 e. The van der Waals surface area contributed by atoms with Crippen LogP contribution in [0, 0.1) is 6.92 Å². The van der Waals surface area contributed by atoms with Gasteiger partial charge in [-0.2, -0.15) is 0 Å². The van der Waals surface area contributed by atoms with Crippen LogP contribution in [0.5, 0.6) is 0 Å². The van der Waals surface area contributed by atoms with Crippen molar-refractivity contribution in [1.29, 1.82) is 0 Å². The molecule has 1 aromatic carbocycles. The lowest BCUT2D eigenvalue weighted by molar-refractivity contribution is -0.112. The van der Waals surface area contributed by atoms with Crippen LogP contribution in [0.25, 0.3) is 0 Å². The third-order valence-corrected chi connectivity index (χ3v) is 3.31. The van der Waals surface area contributed by atoms with E-state index in [0.29, 0.717) is 16.4 Å². The minimum absolute atomic E-state index is 0.345. The molecule has 0 bridgehead atoms. The number of rotatable bonds is 3. The topological polar surface area (TPSA) is 51.1 Å². The van der Waals surface area contributed by atoms with Gasteiger partial charge in [0.15, 0.2) is 0 Å². The molecular formula is C14H13ClN2O2. The van der Waals surface area contributed by atoms with Gasteiger partial charge in [-0.15, -0.1) is 0 Å². The van der Waals surface area contributed by atoms with E-state index in [-0.39, 0.29) is 0 Å². The van der Waals surface area contributed by atoms with Crippen LogP contribution in [0.15, 0.2) is 36.5 Å². The number of aromatic nitrogens is 1. The van der Waals surface area contributed by atoms with Crippen molar-refractivity contribution in [3.8, 4) is 0 Å². The SMILES string of the molecule is Cc1c(Cl)cccc1NC(=O)C(=O)c1cccn1C. The summed E-state index contributed by atoms with van der Waals surface area (Å²) in [6, 6.07) is 8.47. The third-order valence-electron chi connectivity index (χ3n) is 2.90. The summed E-state index contributed by atoms with van der Waals surface area (Å²) in [5, 5.41) is 3.13. The molecule has 1 amide bonds. The Kier molecular flexibility index (Phi) is 3.71. The molecule has 0 aliphatic carbocycles. The highest BCUT2D eigenvalue weighted by molar-refractivity contribution is 6.46. The second kappa shape index (κ2) is 5.28. The maximum atomic E-state index is 12.0. The number of hydrogen-bond donors (Lipinski definition) is 1. The predicted octanol–water partition coefficient (Wildman–Crippen LogP) is 2.81. The molecule has 1 heterocycles. The number of anilines is 1. The van der Waals surface area contributed by atoms with Gasteiger partial charge in [0.25, 0.3) is 11.7 Å². The average molecular weight is 277 g/mol. The Morgan fingerprint density at radius 3 is 2.58 bits per heavy atom. The number of Topliss-reactive ketones (excluding diaryl/α,β-unsaturated/α-hetero) is 1. The van der Waals surface area contributed by atoms with Gasteiger partial charge in [0, 0.05) is 24.0 Å². The fourth-order valence-electron chi connectivity index (χ4n) is 1.74. The van der Waals surface area contributed by atoms with Crippen LogP contribution < -0.4 is 5.32 Å². The molecular weight excluding hydrogens is 264 g/mol. The zero-order valence-electron chi connectivity index (χ0n) is 10.6. The number of hydrogen-bond acceptors (Lipinski definition) is 2. The highest BCUT2D eigenvalue weighted by Crippen LogP contribution is 2.23. The molecule has 1 N–H and O–H groups in total. The van der Waals surface area contributed by atoms with Crippen LogP contribution in [-0.2, 0) is 11.8 Å². The van der Waals surface area contributed by atoms with Crippen LogP contribution in [0.3, 0.4) is 0 Å². The number of halogens is 1. The Labute approximate surface area is 116 Å². The van der Waals surface area contributed by atoms with Crippen molar-refractivity contribution in [2.75, 3.05) is 5.32 Å². The highest BCUT2D eigenvalue weighted by atomic mass is 35.5. The van der Waals surface area contributed by atoms with Gasteiger partial charge in [0.05, 0.1) is 5.69 Å². The Morgan fingerprint density at radius 2 is 1.95 bits per heavy atom. The van der Waals surface area contributed by atoms with Crippen molar-refractivity contribution in [3.63, 3.8) is 0 Å². The van der Waals surface area contributed by atoms with Gasteiger partial charge in [-0.05, 0) is 36.8 Å². The zero-order chi connectivity index (χ0) is 14.0. The molecule has 19 heavy (non-hydrogen) atoms. The fourth-order valence-corrected chi connectivity index (χ4v) is 1.91. The van der Waals surface area contributed by atoms with Crippen LogP contribution in [0.1, 0.15) is 16.1 Å². The van der Waals surface area contributed by atoms with E-state index in [1.165, 1.54) is 0 Å². The summed E-state index contributed by atoms with van der Waals surface area (Å²) in [4.78, 5) is 23.9. The first-order valence-electron chi connectivity index (χ1n) is 5.73. The summed E-state index contributed by atoms with van der Waals surface area (Å²) >= 11 is 5.96. The van der Waals surface area contributed by atoms with Crippen molar-refractivity contribution in [2.45, 2.75) is 6.92 Å². The maximum absolute atomic E-state index is 12.0. The summed E-state index contributed by atoms with van der Waals surface area (Å²) in [6.45, 7) is 1.78. The summed E-state index contributed by atoms with van der Waals surface area (Å²) < 4.78 is 1.60. The number of carbonyl (C=O) groups is 2.